The third-order valence-corrected chi connectivity index (χ3v) is 3.77. The van der Waals surface area contributed by atoms with Crippen LogP contribution in [0.15, 0.2) is 6.20 Å². The molecule has 1 saturated heterocycles. The molecule has 7 nitrogen and oxygen atoms in total. The van der Waals surface area contributed by atoms with Crippen molar-refractivity contribution in [3.63, 3.8) is 0 Å². The van der Waals surface area contributed by atoms with Gasteiger partial charge < -0.3 is 25.0 Å². The third kappa shape index (κ3) is 2.07. The quantitative estimate of drug-likeness (QED) is 0.471. The molecule has 0 unspecified atom stereocenters. The van der Waals surface area contributed by atoms with Crippen molar-refractivity contribution in [3.8, 4) is 0 Å². The number of aromatic nitrogens is 3. The Labute approximate surface area is 123 Å². The van der Waals surface area contributed by atoms with Gasteiger partial charge in [-0.15, -0.1) is 0 Å². The van der Waals surface area contributed by atoms with Gasteiger partial charge in [-0.2, -0.15) is 0 Å². The average molecular weight is 320 g/mol. The van der Waals surface area contributed by atoms with E-state index in [1.165, 1.54) is 0 Å². The van der Waals surface area contributed by atoms with Crippen molar-refractivity contribution in [2.75, 3.05) is 6.61 Å². The molecule has 0 radical (unpaired) electrons. The number of H-pyrrole nitrogens is 1. The highest BCUT2D eigenvalue weighted by molar-refractivity contribution is 6.35. The number of hydrogen-bond acceptors (Lipinski definition) is 6. The van der Waals surface area contributed by atoms with Gasteiger partial charge in [0.15, 0.2) is 5.15 Å². The molecule has 1 fully saturated rings. The Hall–Kier alpha value is -0.960. The lowest BCUT2D eigenvalue weighted by Gasteiger charge is -2.13. The minimum Gasteiger partial charge on any atom is -0.394 e. The van der Waals surface area contributed by atoms with Gasteiger partial charge in [-0.25, -0.2) is 9.97 Å². The number of hydrogen-bond donors (Lipinski definition) is 4. The van der Waals surface area contributed by atoms with Gasteiger partial charge in [-0.3, -0.25) is 0 Å². The summed E-state index contributed by atoms with van der Waals surface area (Å²) < 4.78 is 5.45. The maximum absolute atomic E-state index is 10.0. The van der Waals surface area contributed by atoms with E-state index >= 15 is 0 Å². The molecule has 0 spiro atoms. The van der Waals surface area contributed by atoms with Gasteiger partial charge >= 0.3 is 0 Å². The van der Waals surface area contributed by atoms with Crippen LogP contribution in [0.25, 0.3) is 11.0 Å². The van der Waals surface area contributed by atoms with Gasteiger partial charge in [0.1, 0.15) is 35.4 Å². The Bertz CT molecular complexity index is 650. The van der Waals surface area contributed by atoms with Crippen LogP contribution in [0, 0.1) is 0 Å². The summed E-state index contributed by atoms with van der Waals surface area (Å²) in [5, 5.41) is 29.0. The lowest BCUT2D eigenvalue weighted by molar-refractivity contribution is -0.0224. The Morgan fingerprint density at radius 3 is 2.65 bits per heavy atom. The Morgan fingerprint density at radius 1 is 1.25 bits per heavy atom. The molecule has 0 amide bonds. The fourth-order valence-corrected chi connectivity index (χ4v) is 2.77. The second-order valence-corrected chi connectivity index (χ2v) is 5.21. The summed E-state index contributed by atoms with van der Waals surface area (Å²) in [6.07, 6.45) is -2.49. The van der Waals surface area contributed by atoms with Crippen LogP contribution in [0.3, 0.4) is 0 Å². The summed E-state index contributed by atoms with van der Waals surface area (Å²) >= 11 is 11.7. The fraction of sp³-hybridized carbons (Fsp3) is 0.455. The van der Waals surface area contributed by atoms with Crippen molar-refractivity contribution >= 4 is 34.2 Å². The highest BCUT2D eigenvalue weighted by atomic mass is 35.5. The lowest BCUT2D eigenvalue weighted by Crippen LogP contribution is -2.32. The summed E-state index contributed by atoms with van der Waals surface area (Å²) in [6.45, 7) is -0.395. The second kappa shape index (κ2) is 5.10. The summed E-state index contributed by atoms with van der Waals surface area (Å²) in [5.41, 5.74) is 1.36. The van der Waals surface area contributed by atoms with E-state index in [0.29, 0.717) is 16.6 Å². The van der Waals surface area contributed by atoms with Crippen molar-refractivity contribution < 1.29 is 20.1 Å². The van der Waals surface area contributed by atoms with Crippen LogP contribution >= 0.6 is 23.2 Å². The summed E-state index contributed by atoms with van der Waals surface area (Å²) in [5.74, 6) is 0. The van der Waals surface area contributed by atoms with Crippen LogP contribution in [0.4, 0.5) is 0 Å². The smallest absolute Gasteiger partial charge is 0.224 e. The third-order valence-electron chi connectivity index (χ3n) is 3.33. The number of aromatic amines is 1. The maximum atomic E-state index is 10.0. The molecule has 0 aliphatic carbocycles. The van der Waals surface area contributed by atoms with Crippen molar-refractivity contribution in [3.05, 3.63) is 22.2 Å². The monoisotopic (exact) mass is 319 g/mol. The Balaban J connectivity index is 2.07. The second-order valence-electron chi connectivity index (χ2n) is 4.51. The molecule has 2 aromatic heterocycles. The number of halogens is 2. The first kappa shape index (κ1) is 14.0. The summed E-state index contributed by atoms with van der Waals surface area (Å²) in [6, 6.07) is 0. The minimum atomic E-state index is -1.18. The topological polar surface area (TPSA) is 111 Å². The van der Waals surface area contributed by atoms with Crippen molar-refractivity contribution in [2.24, 2.45) is 0 Å². The van der Waals surface area contributed by atoms with Crippen LogP contribution in [-0.4, -0.2) is 55.2 Å². The molecular formula is C11H11Cl2N3O4. The predicted octanol–water partition coefficient (Wildman–Crippen LogP) is 0.419. The standard InChI is InChI=1S/C11H11Cl2N3O4/c12-10-6-5(15-11(13)16-10)3(1-14-6)9-8(19)7(18)4(2-17)20-9/h1,4,7-9,14,17-19H,2H2/t4-,7-,8-,9+/m1/s1. The van der Waals surface area contributed by atoms with Crippen molar-refractivity contribution in [1.29, 1.82) is 0 Å². The van der Waals surface area contributed by atoms with E-state index in [1.54, 1.807) is 6.20 Å². The molecule has 4 N–H and O–H groups in total. The molecule has 4 atom stereocenters. The van der Waals surface area contributed by atoms with Crippen LogP contribution < -0.4 is 0 Å². The fourth-order valence-electron chi connectivity index (χ4n) is 2.34. The average Bonchev–Trinajstić information content (AvgIpc) is 2.93. The van der Waals surface area contributed by atoms with Gasteiger partial charge in [-0.1, -0.05) is 11.6 Å². The molecular weight excluding hydrogens is 309 g/mol. The molecule has 0 aromatic carbocycles. The number of nitrogens with one attached hydrogen (secondary N) is 1. The SMILES string of the molecule is OC[C@H]1O[C@@H](c2c[nH]c3c(Cl)nc(Cl)nc23)[C@H](O)[C@@H]1O. The zero-order valence-corrected chi connectivity index (χ0v) is 11.5. The number of nitrogens with zero attached hydrogens (tertiary/aromatic N) is 2. The van der Waals surface area contributed by atoms with Crippen LogP contribution in [-0.2, 0) is 4.74 Å². The first-order valence-corrected chi connectivity index (χ1v) is 6.61. The van der Waals surface area contributed by atoms with Crippen molar-refractivity contribution in [2.45, 2.75) is 24.4 Å². The normalized spacial score (nSPS) is 30.2. The molecule has 2 aromatic rings. The Kier molecular flexibility index (Phi) is 3.57. The summed E-state index contributed by atoms with van der Waals surface area (Å²) in [4.78, 5) is 10.7. The van der Waals surface area contributed by atoms with E-state index < -0.39 is 31.0 Å². The van der Waals surface area contributed by atoms with Gasteiger partial charge in [-0.05, 0) is 11.6 Å². The first-order valence-electron chi connectivity index (χ1n) is 5.85. The zero-order chi connectivity index (χ0) is 14.4. The van der Waals surface area contributed by atoms with Crippen LogP contribution in [0.5, 0.6) is 0 Å². The molecule has 1 aliphatic rings. The van der Waals surface area contributed by atoms with Crippen LogP contribution in [0.2, 0.25) is 10.4 Å². The van der Waals surface area contributed by atoms with Crippen molar-refractivity contribution in [1.82, 2.24) is 15.0 Å². The number of aliphatic hydroxyl groups is 3. The molecule has 3 heterocycles. The summed E-state index contributed by atoms with van der Waals surface area (Å²) in [7, 11) is 0. The molecule has 0 bridgehead atoms. The van der Waals surface area contributed by atoms with E-state index in [0.717, 1.165) is 0 Å². The van der Waals surface area contributed by atoms with Gasteiger partial charge in [0.05, 0.1) is 6.61 Å². The molecule has 9 heteroatoms. The molecule has 108 valence electrons. The highest BCUT2D eigenvalue weighted by Gasteiger charge is 2.44. The zero-order valence-electron chi connectivity index (χ0n) is 9.99. The van der Waals surface area contributed by atoms with Gasteiger partial charge in [0.2, 0.25) is 5.28 Å². The van der Waals surface area contributed by atoms with Gasteiger partial charge in [0.25, 0.3) is 0 Å². The van der Waals surface area contributed by atoms with E-state index in [-0.39, 0.29) is 10.4 Å². The van der Waals surface area contributed by atoms with E-state index in [4.69, 9.17) is 33.0 Å². The van der Waals surface area contributed by atoms with E-state index in [1.807, 2.05) is 0 Å². The van der Waals surface area contributed by atoms with Crippen LogP contribution in [0.1, 0.15) is 11.7 Å². The number of fused-ring (bicyclic) bond motifs is 1. The maximum Gasteiger partial charge on any atom is 0.224 e. The van der Waals surface area contributed by atoms with Gasteiger partial charge in [0, 0.05) is 11.8 Å². The van der Waals surface area contributed by atoms with E-state index in [2.05, 4.69) is 15.0 Å². The molecule has 0 saturated carbocycles. The predicted molar refractivity (Wildman–Crippen MR) is 70.6 cm³/mol. The Morgan fingerprint density at radius 2 is 2.00 bits per heavy atom. The highest BCUT2D eigenvalue weighted by Crippen LogP contribution is 2.37. The molecule has 20 heavy (non-hydrogen) atoms. The first-order chi connectivity index (χ1) is 9.52. The number of ether oxygens (including phenoxy) is 1. The lowest BCUT2D eigenvalue weighted by atomic mass is 10.0. The largest absolute Gasteiger partial charge is 0.394 e. The van der Waals surface area contributed by atoms with E-state index in [9.17, 15) is 10.2 Å². The molecule has 3 rings (SSSR count). The molecule has 1 aliphatic heterocycles. The minimum absolute atomic E-state index is 0.0323. The number of rotatable bonds is 2. The number of aliphatic hydroxyl groups excluding tert-OH is 3.